The van der Waals surface area contributed by atoms with Crippen LogP contribution in [0.1, 0.15) is 27.7 Å². The molecule has 0 rings (SSSR count). The van der Waals surface area contributed by atoms with E-state index in [1.165, 1.54) is 11.8 Å². The Morgan fingerprint density at radius 2 is 1.94 bits per heavy atom. The Balaban J connectivity index is 4.16. The molecule has 4 nitrogen and oxygen atoms in total. The molecule has 0 saturated carbocycles. The zero-order valence-electron chi connectivity index (χ0n) is 10.8. The molecule has 0 unspecified atom stereocenters. The fraction of sp³-hybridized carbons (Fsp3) is 0.818. The number of nitrogens with one attached hydrogen (secondary N) is 1. The molecule has 16 heavy (non-hydrogen) atoms. The summed E-state index contributed by atoms with van der Waals surface area (Å²) in [5.74, 6) is 0. The minimum absolute atomic E-state index is 0.525. The fourth-order valence-corrected chi connectivity index (χ4v) is 1.95. The first-order valence-electron chi connectivity index (χ1n) is 5.52. The topological polar surface area (TPSA) is 51.4 Å². The van der Waals surface area contributed by atoms with Crippen LogP contribution in [0.3, 0.4) is 0 Å². The zero-order valence-corrected chi connectivity index (χ0v) is 11.6. The molecule has 0 saturated heterocycles. The van der Waals surface area contributed by atoms with Gasteiger partial charge in [0.2, 0.25) is 0 Å². The van der Waals surface area contributed by atoms with Crippen LogP contribution in [-0.2, 0) is 0 Å². The summed E-state index contributed by atoms with van der Waals surface area (Å²) in [5.41, 5.74) is 0. The van der Waals surface area contributed by atoms with E-state index in [0.717, 1.165) is 13.1 Å². The summed E-state index contributed by atoms with van der Waals surface area (Å²) in [6, 6.07) is 1.05. The predicted octanol–water partition coefficient (Wildman–Crippen LogP) is 1.89. The third-order valence-electron chi connectivity index (χ3n) is 2.30. The van der Waals surface area contributed by atoms with Crippen LogP contribution in [0.25, 0.3) is 0 Å². The molecule has 0 heterocycles. The van der Waals surface area contributed by atoms with E-state index in [1.54, 1.807) is 0 Å². The number of thioether (sulfide) groups is 1. The first kappa shape index (κ1) is 15.3. The summed E-state index contributed by atoms with van der Waals surface area (Å²) in [5, 5.41) is 11.7. The lowest BCUT2D eigenvalue weighted by atomic mass is 10.2. The van der Waals surface area contributed by atoms with Gasteiger partial charge in [-0.1, -0.05) is 11.8 Å². The second kappa shape index (κ2) is 8.43. The number of nitrogens with zero attached hydrogens (tertiary/aromatic N) is 3. The highest BCUT2D eigenvalue weighted by Crippen LogP contribution is 2.04. The molecule has 0 aliphatic carbocycles. The SMILES string of the molecule is CSC(=NCCN(C(C)C)C(C)C)NC#N. The monoisotopic (exact) mass is 242 g/mol. The van der Waals surface area contributed by atoms with E-state index < -0.39 is 0 Å². The summed E-state index contributed by atoms with van der Waals surface area (Å²) in [6.07, 6.45) is 3.80. The van der Waals surface area contributed by atoms with Gasteiger partial charge in [0, 0.05) is 18.6 Å². The van der Waals surface area contributed by atoms with Crippen LogP contribution in [0.5, 0.6) is 0 Å². The van der Waals surface area contributed by atoms with Crippen molar-refractivity contribution in [1.82, 2.24) is 10.2 Å². The van der Waals surface area contributed by atoms with Gasteiger partial charge in [0.1, 0.15) is 0 Å². The Bertz CT molecular complexity index is 247. The fourth-order valence-electron chi connectivity index (χ4n) is 1.58. The Hall–Kier alpha value is -0.730. The zero-order chi connectivity index (χ0) is 12.6. The van der Waals surface area contributed by atoms with Gasteiger partial charge in [-0.2, -0.15) is 5.26 Å². The van der Waals surface area contributed by atoms with Gasteiger partial charge in [0.05, 0.1) is 6.54 Å². The summed E-state index contributed by atoms with van der Waals surface area (Å²) >= 11 is 1.46. The Kier molecular flexibility index (Phi) is 8.04. The van der Waals surface area contributed by atoms with Crippen molar-refractivity contribution in [2.75, 3.05) is 19.3 Å². The van der Waals surface area contributed by atoms with Gasteiger partial charge in [-0.25, -0.2) is 0 Å². The number of aliphatic imine (C=N–C) groups is 1. The first-order chi connectivity index (χ1) is 7.52. The molecule has 0 atom stereocenters. The molecule has 0 aliphatic heterocycles. The van der Waals surface area contributed by atoms with Gasteiger partial charge in [0.15, 0.2) is 11.4 Å². The third kappa shape index (κ3) is 5.99. The molecule has 92 valence electrons. The van der Waals surface area contributed by atoms with Crippen molar-refractivity contribution in [3.05, 3.63) is 0 Å². The molecule has 0 aromatic carbocycles. The summed E-state index contributed by atoms with van der Waals surface area (Å²) in [4.78, 5) is 6.72. The number of hydrogen-bond acceptors (Lipinski definition) is 4. The Labute approximate surface area is 103 Å². The molecule has 0 spiro atoms. The highest BCUT2D eigenvalue weighted by molar-refractivity contribution is 8.13. The minimum Gasteiger partial charge on any atom is -0.297 e. The average molecular weight is 242 g/mol. The predicted molar refractivity (Wildman–Crippen MR) is 71.5 cm³/mol. The van der Waals surface area contributed by atoms with Crippen molar-refractivity contribution in [3.8, 4) is 6.19 Å². The maximum atomic E-state index is 8.49. The van der Waals surface area contributed by atoms with Crippen LogP contribution in [-0.4, -0.2) is 41.5 Å². The molecule has 1 N–H and O–H groups in total. The smallest absolute Gasteiger partial charge is 0.183 e. The van der Waals surface area contributed by atoms with E-state index in [9.17, 15) is 0 Å². The lowest BCUT2D eigenvalue weighted by molar-refractivity contribution is 0.181. The normalized spacial score (nSPS) is 12.3. The van der Waals surface area contributed by atoms with E-state index in [0.29, 0.717) is 17.3 Å². The summed E-state index contributed by atoms with van der Waals surface area (Å²) in [7, 11) is 0. The lowest BCUT2D eigenvalue weighted by Crippen LogP contribution is -2.38. The Morgan fingerprint density at radius 3 is 2.31 bits per heavy atom. The van der Waals surface area contributed by atoms with Crippen molar-refractivity contribution in [1.29, 1.82) is 5.26 Å². The van der Waals surface area contributed by atoms with Crippen LogP contribution in [0.2, 0.25) is 0 Å². The number of hydrogen-bond donors (Lipinski definition) is 1. The molecule has 0 aliphatic rings. The first-order valence-corrected chi connectivity index (χ1v) is 6.74. The maximum absolute atomic E-state index is 8.49. The Morgan fingerprint density at radius 1 is 1.38 bits per heavy atom. The van der Waals surface area contributed by atoms with Crippen LogP contribution >= 0.6 is 11.8 Å². The van der Waals surface area contributed by atoms with Crippen molar-refractivity contribution in [2.24, 2.45) is 4.99 Å². The highest BCUT2D eigenvalue weighted by Gasteiger charge is 2.12. The summed E-state index contributed by atoms with van der Waals surface area (Å²) in [6.45, 7) is 10.4. The second-order valence-corrected chi connectivity index (χ2v) is 4.85. The molecule has 0 radical (unpaired) electrons. The molecular formula is C11H22N4S. The van der Waals surface area contributed by atoms with E-state index in [2.05, 4.69) is 42.9 Å². The van der Waals surface area contributed by atoms with E-state index in [-0.39, 0.29) is 0 Å². The molecular weight excluding hydrogens is 220 g/mol. The molecule has 0 aromatic rings. The van der Waals surface area contributed by atoms with Crippen molar-refractivity contribution < 1.29 is 0 Å². The largest absolute Gasteiger partial charge is 0.297 e. The van der Waals surface area contributed by atoms with Gasteiger partial charge in [-0.15, -0.1) is 0 Å². The maximum Gasteiger partial charge on any atom is 0.183 e. The van der Waals surface area contributed by atoms with Gasteiger partial charge >= 0.3 is 0 Å². The molecule has 0 bridgehead atoms. The van der Waals surface area contributed by atoms with Crippen molar-refractivity contribution >= 4 is 16.9 Å². The van der Waals surface area contributed by atoms with Gasteiger partial charge in [-0.05, 0) is 34.0 Å². The number of amidine groups is 1. The van der Waals surface area contributed by atoms with Crippen LogP contribution in [0.4, 0.5) is 0 Å². The van der Waals surface area contributed by atoms with E-state index >= 15 is 0 Å². The molecule has 0 aromatic heterocycles. The van der Waals surface area contributed by atoms with Gasteiger partial charge < -0.3 is 0 Å². The standard InChI is InChI=1S/C11H22N4S/c1-9(2)15(10(3)4)7-6-13-11(16-5)14-8-12/h9-10H,6-7H2,1-5H3,(H,13,14). The van der Waals surface area contributed by atoms with Crippen LogP contribution in [0.15, 0.2) is 4.99 Å². The number of rotatable bonds is 5. The lowest BCUT2D eigenvalue weighted by Gasteiger charge is -2.29. The van der Waals surface area contributed by atoms with Crippen molar-refractivity contribution in [2.45, 2.75) is 39.8 Å². The van der Waals surface area contributed by atoms with Gasteiger partial charge in [-0.3, -0.25) is 15.2 Å². The minimum atomic E-state index is 0.525. The van der Waals surface area contributed by atoms with Crippen LogP contribution < -0.4 is 5.32 Å². The summed E-state index contributed by atoms with van der Waals surface area (Å²) < 4.78 is 0. The van der Waals surface area contributed by atoms with Crippen molar-refractivity contribution in [3.63, 3.8) is 0 Å². The van der Waals surface area contributed by atoms with E-state index in [1.807, 2.05) is 12.4 Å². The average Bonchev–Trinajstić information content (AvgIpc) is 2.21. The molecule has 0 amide bonds. The molecule has 0 fully saturated rings. The quantitative estimate of drug-likeness (QED) is 0.346. The third-order valence-corrected chi connectivity index (χ3v) is 2.91. The highest BCUT2D eigenvalue weighted by atomic mass is 32.2. The van der Waals surface area contributed by atoms with Crippen LogP contribution in [0, 0.1) is 11.5 Å². The molecule has 5 heteroatoms. The van der Waals surface area contributed by atoms with Gasteiger partial charge in [0.25, 0.3) is 0 Å². The van der Waals surface area contributed by atoms with E-state index in [4.69, 9.17) is 5.26 Å². The number of nitriles is 1. The second-order valence-electron chi connectivity index (χ2n) is 4.05.